The molecule has 0 amide bonds. The molecule has 168 valence electrons. The summed E-state index contributed by atoms with van der Waals surface area (Å²) in [7, 11) is 0. The second-order valence-electron chi connectivity index (χ2n) is 7.67. The standard InChI is InChI=1S/C20H34N6O4/c1-3-5-7-8-10-25-12-23-18-14(17(25)21)24-20(22-9-6-4-2)26(18)19-16(29)15(28)13(11-27)30-19/h8,10,13,15-16,19,27-29H,3-7,9,11-12,21H2,1-2H3,(H,22,24)/b10-8+/t13-,15-,16-,19-/m1/s1. The molecule has 1 fully saturated rings. The molecule has 3 rings (SSSR count). The maximum Gasteiger partial charge on any atom is 0.207 e. The van der Waals surface area contributed by atoms with Crippen LogP contribution in [0.25, 0.3) is 5.82 Å². The number of nitrogens with two attached hydrogens (primary N) is 1. The Kier molecular flexibility index (Phi) is 7.70. The van der Waals surface area contributed by atoms with Crippen molar-refractivity contribution in [1.29, 1.82) is 0 Å². The van der Waals surface area contributed by atoms with Crippen molar-refractivity contribution >= 4 is 11.8 Å². The predicted molar refractivity (Wildman–Crippen MR) is 112 cm³/mol. The summed E-state index contributed by atoms with van der Waals surface area (Å²) in [4.78, 5) is 11.1. The fourth-order valence-corrected chi connectivity index (χ4v) is 3.59. The van der Waals surface area contributed by atoms with E-state index in [9.17, 15) is 15.3 Å². The Morgan fingerprint density at radius 2 is 2.00 bits per heavy atom. The molecule has 2 aliphatic heterocycles. The minimum absolute atomic E-state index is 0.316. The summed E-state index contributed by atoms with van der Waals surface area (Å²) in [6.07, 6.45) is 4.90. The van der Waals surface area contributed by atoms with Crippen molar-refractivity contribution in [3.8, 4) is 0 Å². The number of hydrogen-bond acceptors (Lipinski definition) is 9. The second-order valence-corrected chi connectivity index (χ2v) is 7.67. The highest BCUT2D eigenvalue weighted by molar-refractivity contribution is 5.42. The van der Waals surface area contributed by atoms with E-state index < -0.39 is 31.1 Å². The summed E-state index contributed by atoms with van der Waals surface area (Å²) in [6, 6.07) is 0. The highest BCUT2D eigenvalue weighted by Gasteiger charge is 2.45. The van der Waals surface area contributed by atoms with Gasteiger partial charge in [0.1, 0.15) is 36.2 Å². The van der Waals surface area contributed by atoms with Crippen LogP contribution in [0, 0.1) is 0 Å². The molecule has 4 atom stereocenters. The van der Waals surface area contributed by atoms with Crippen molar-refractivity contribution < 1.29 is 20.1 Å². The number of aliphatic hydroxyl groups excluding tert-OH is 3. The highest BCUT2D eigenvalue weighted by atomic mass is 16.6. The van der Waals surface area contributed by atoms with E-state index in [1.807, 2.05) is 11.1 Å². The van der Waals surface area contributed by atoms with E-state index in [-0.39, 0.29) is 0 Å². The van der Waals surface area contributed by atoms with Crippen molar-refractivity contribution in [2.75, 3.05) is 25.1 Å². The summed E-state index contributed by atoms with van der Waals surface area (Å²) in [5.41, 5.74) is 6.88. The van der Waals surface area contributed by atoms with Gasteiger partial charge in [-0.05, 0) is 12.8 Å². The van der Waals surface area contributed by atoms with Crippen molar-refractivity contribution in [3.63, 3.8) is 0 Å². The van der Waals surface area contributed by atoms with Gasteiger partial charge in [-0.3, -0.25) is 4.57 Å². The topological polar surface area (TPSA) is 141 Å². The molecule has 10 nitrogen and oxygen atoms in total. The number of allylic oxidation sites excluding steroid dienone is 1. The van der Waals surface area contributed by atoms with Crippen LogP contribution in [-0.2, 0) is 4.74 Å². The number of nitrogens with zero attached hydrogens (tertiary/aromatic N) is 4. The summed E-state index contributed by atoms with van der Waals surface area (Å²) < 4.78 is 7.38. The number of imidazole rings is 1. The van der Waals surface area contributed by atoms with Crippen LogP contribution in [-0.4, -0.2) is 67.9 Å². The van der Waals surface area contributed by atoms with Crippen LogP contribution >= 0.6 is 0 Å². The van der Waals surface area contributed by atoms with Crippen molar-refractivity contribution in [2.45, 2.75) is 70.5 Å². The normalized spacial score (nSPS) is 26.3. The fourth-order valence-electron chi connectivity index (χ4n) is 3.59. The van der Waals surface area contributed by atoms with Crippen LogP contribution in [0.2, 0.25) is 0 Å². The Bertz CT molecular complexity index is 854. The number of aromatic nitrogens is 2. The first-order valence-electron chi connectivity index (χ1n) is 10.8. The molecule has 0 saturated carbocycles. The molecule has 0 bridgehead atoms. The largest absolute Gasteiger partial charge is 0.394 e. The van der Waals surface area contributed by atoms with Gasteiger partial charge < -0.3 is 36.0 Å². The van der Waals surface area contributed by atoms with Gasteiger partial charge in [-0.2, -0.15) is 0 Å². The molecular weight excluding hydrogens is 388 g/mol. The van der Waals surface area contributed by atoms with E-state index in [1.165, 1.54) is 0 Å². The summed E-state index contributed by atoms with van der Waals surface area (Å²) in [5, 5.41) is 34.0. The first kappa shape index (κ1) is 22.5. The molecule has 0 aromatic carbocycles. The third-order valence-electron chi connectivity index (χ3n) is 5.41. The number of unbranched alkanes of at least 4 members (excludes halogenated alkanes) is 3. The summed E-state index contributed by atoms with van der Waals surface area (Å²) in [5.74, 6) is 0.934. The van der Waals surface area contributed by atoms with Gasteiger partial charge in [0, 0.05) is 12.7 Å². The summed E-state index contributed by atoms with van der Waals surface area (Å²) >= 11 is 0. The molecular formula is C20H34N6O4. The molecule has 0 aliphatic carbocycles. The average molecular weight is 423 g/mol. The highest BCUT2D eigenvalue weighted by Crippen LogP contribution is 2.30. The molecule has 30 heavy (non-hydrogen) atoms. The number of hydrogen-bond donors (Lipinski definition) is 5. The third-order valence-corrected chi connectivity index (χ3v) is 5.41. The lowest BCUT2D eigenvalue weighted by Crippen LogP contribution is -2.45. The van der Waals surface area contributed by atoms with E-state index in [1.54, 1.807) is 4.57 Å². The maximum atomic E-state index is 10.5. The van der Waals surface area contributed by atoms with E-state index in [2.05, 4.69) is 35.2 Å². The number of ether oxygens (including phenoxy) is 1. The van der Waals surface area contributed by atoms with Gasteiger partial charge in [-0.1, -0.05) is 39.2 Å². The second kappa shape index (κ2) is 10.3. The Hall–Kier alpha value is -2.14. The van der Waals surface area contributed by atoms with Gasteiger partial charge in [0.2, 0.25) is 5.95 Å². The molecule has 0 spiro atoms. The number of rotatable bonds is 10. The van der Waals surface area contributed by atoms with E-state index >= 15 is 0 Å². The van der Waals surface area contributed by atoms with Crippen molar-refractivity contribution in [3.05, 3.63) is 23.1 Å². The molecule has 1 saturated heterocycles. The van der Waals surface area contributed by atoms with Crippen LogP contribution in [0.4, 0.5) is 5.95 Å². The van der Waals surface area contributed by atoms with Crippen LogP contribution in [0.5, 0.6) is 0 Å². The Balaban J connectivity index is 1.99. The number of nitrogens with one attached hydrogen (secondary N) is 1. The number of aliphatic hydroxyl groups is 3. The Labute approximate surface area is 176 Å². The molecule has 1 aromatic heterocycles. The van der Waals surface area contributed by atoms with Crippen LogP contribution < -0.4 is 21.9 Å². The Morgan fingerprint density at radius 3 is 2.67 bits per heavy atom. The maximum absolute atomic E-state index is 10.5. The minimum atomic E-state index is -1.23. The number of fused-ring (bicyclic) bond motifs is 1. The fraction of sp³-hybridized carbons (Fsp3) is 0.700. The molecule has 0 radical (unpaired) electrons. The molecule has 0 unspecified atom stereocenters. The van der Waals surface area contributed by atoms with Crippen LogP contribution in [0.1, 0.15) is 52.2 Å². The van der Waals surface area contributed by atoms with Crippen LogP contribution in [0.3, 0.4) is 0 Å². The molecule has 2 aliphatic rings. The third kappa shape index (κ3) is 4.46. The average Bonchev–Trinajstić information content (AvgIpc) is 3.25. The first-order valence-corrected chi connectivity index (χ1v) is 10.8. The quantitative estimate of drug-likeness (QED) is 0.313. The van der Waals surface area contributed by atoms with Gasteiger partial charge in [0.25, 0.3) is 0 Å². The SMILES string of the molecule is CCCC/C=C/N1CN=c2c(nc(NCCCC)n2[C@@H]2O[C@H](CO)[C@@H](O)[C@H]2O)=C1N. The lowest BCUT2D eigenvalue weighted by Gasteiger charge is -2.22. The predicted octanol–water partition coefficient (Wildman–Crippen LogP) is -0.672. The monoisotopic (exact) mass is 422 g/mol. The first-order chi connectivity index (χ1) is 14.5. The zero-order valence-corrected chi connectivity index (χ0v) is 17.7. The van der Waals surface area contributed by atoms with Crippen LogP contribution in [0.15, 0.2) is 17.3 Å². The van der Waals surface area contributed by atoms with Crippen molar-refractivity contribution in [2.24, 2.45) is 10.7 Å². The Morgan fingerprint density at radius 1 is 1.23 bits per heavy atom. The zero-order chi connectivity index (χ0) is 21.7. The van der Waals surface area contributed by atoms with E-state index in [0.29, 0.717) is 35.8 Å². The zero-order valence-electron chi connectivity index (χ0n) is 17.7. The van der Waals surface area contributed by atoms with Gasteiger partial charge >= 0.3 is 0 Å². The lowest BCUT2D eigenvalue weighted by molar-refractivity contribution is -0.0536. The smallest absolute Gasteiger partial charge is 0.207 e. The lowest BCUT2D eigenvalue weighted by atomic mass is 10.1. The molecule has 10 heteroatoms. The van der Waals surface area contributed by atoms with E-state index in [0.717, 1.165) is 32.1 Å². The van der Waals surface area contributed by atoms with E-state index in [4.69, 9.17) is 10.5 Å². The van der Waals surface area contributed by atoms with Crippen molar-refractivity contribution in [1.82, 2.24) is 14.5 Å². The number of anilines is 1. The molecule has 3 heterocycles. The van der Waals surface area contributed by atoms with Gasteiger partial charge in [-0.15, -0.1) is 0 Å². The van der Waals surface area contributed by atoms with Gasteiger partial charge in [0.15, 0.2) is 11.7 Å². The summed E-state index contributed by atoms with van der Waals surface area (Å²) in [6.45, 7) is 4.84. The molecule has 1 aromatic rings. The van der Waals surface area contributed by atoms with Gasteiger partial charge in [-0.25, -0.2) is 9.98 Å². The molecule has 6 N–H and O–H groups in total. The van der Waals surface area contributed by atoms with Gasteiger partial charge in [0.05, 0.1) is 6.61 Å². The minimum Gasteiger partial charge on any atom is -0.394 e.